The lowest BCUT2D eigenvalue weighted by atomic mass is 10.1. The van der Waals surface area contributed by atoms with Crippen molar-refractivity contribution in [3.63, 3.8) is 0 Å². The van der Waals surface area contributed by atoms with E-state index in [1.807, 2.05) is 0 Å². The van der Waals surface area contributed by atoms with Gasteiger partial charge in [-0.05, 0) is 96.3 Å². The number of esters is 3. The summed E-state index contributed by atoms with van der Waals surface area (Å²) in [5, 5.41) is 0. The molecule has 1 atom stereocenters. The molecule has 0 amide bonds. The van der Waals surface area contributed by atoms with Gasteiger partial charge >= 0.3 is 17.9 Å². The maximum atomic E-state index is 12.8. The van der Waals surface area contributed by atoms with Gasteiger partial charge in [0.25, 0.3) is 0 Å². The molecule has 0 aromatic carbocycles. The van der Waals surface area contributed by atoms with Crippen molar-refractivity contribution >= 4 is 17.9 Å². The first-order valence-corrected chi connectivity index (χ1v) is 26.0. The summed E-state index contributed by atoms with van der Waals surface area (Å²) >= 11 is 0. The molecule has 0 aliphatic carbocycles. The number of hydrogen-bond acceptors (Lipinski definition) is 6. The molecule has 0 spiro atoms. The molecule has 1 unspecified atom stereocenters. The minimum atomic E-state index is -0.798. The summed E-state index contributed by atoms with van der Waals surface area (Å²) in [6.07, 6.45) is 63.3. The van der Waals surface area contributed by atoms with Gasteiger partial charge in [-0.25, -0.2) is 0 Å². The minimum absolute atomic E-state index is 0.0982. The maximum absolute atomic E-state index is 12.8. The van der Waals surface area contributed by atoms with Crippen LogP contribution in [0.25, 0.3) is 0 Å². The van der Waals surface area contributed by atoms with Crippen molar-refractivity contribution in [1.82, 2.24) is 0 Å². The van der Waals surface area contributed by atoms with Crippen LogP contribution in [0.2, 0.25) is 0 Å². The van der Waals surface area contributed by atoms with Crippen molar-refractivity contribution < 1.29 is 28.6 Å². The molecule has 0 bridgehead atoms. The van der Waals surface area contributed by atoms with E-state index in [-0.39, 0.29) is 31.1 Å². The predicted octanol–water partition coefficient (Wildman–Crippen LogP) is 17.0. The fraction of sp³-hybridized carbons (Fsp3) is 0.732. The van der Waals surface area contributed by atoms with E-state index >= 15 is 0 Å². The van der Waals surface area contributed by atoms with Crippen LogP contribution < -0.4 is 0 Å². The number of hydrogen-bond donors (Lipinski definition) is 0. The molecule has 0 heterocycles. The van der Waals surface area contributed by atoms with E-state index in [0.29, 0.717) is 19.3 Å². The fourth-order valence-corrected chi connectivity index (χ4v) is 7.06. The molecule has 0 fully saturated rings. The van der Waals surface area contributed by atoms with Gasteiger partial charge in [0, 0.05) is 19.3 Å². The van der Waals surface area contributed by atoms with Crippen molar-refractivity contribution in [2.45, 2.75) is 252 Å². The Labute approximate surface area is 382 Å². The Balaban J connectivity index is 4.38. The van der Waals surface area contributed by atoms with E-state index in [2.05, 4.69) is 93.7 Å². The third-order valence-electron chi connectivity index (χ3n) is 11.0. The van der Waals surface area contributed by atoms with Crippen LogP contribution in [0.5, 0.6) is 0 Å². The van der Waals surface area contributed by atoms with Gasteiger partial charge in [-0.1, -0.05) is 203 Å². The Morgan fingerprint density at radius 2 is 0.694 bits per heavy atom. The second-order valence-corrected chi connectivity index (χ2v) is 17.1. The zero-order valence-corrected chi connectivity index (χ0v) is 40.6. The van der Waals surface area contributed by atoms with Crippen LogP contribution in [0.15, 0.2) is 72.9 Å². The topological polar surface area (TPSA) is 78.9 Å². The summed E-state index contributed by atoms with van der Waals surface area (Å²) in [5.74, 6) is -0.957. The standard InChI is InChI=1S/C56H96O6/c1-4-7-10-13-16-19-21-23-25-27-29-30-32-34-37-40-43-46-49-55(58)61-52-53(51-60-54(57)48-45-42-39-36-18-15-12-9-6-3)62-56(59)50-47-44-41-38-35-33-31-28-26-24-22-20-17-14-11-8-5-2/h9,12,18,21,23-27,29-30,36,53H,4-8,10-11,13-17,19-20,22,28,31-35,37-52H2,1-3H3/b12-9-,23-21-,26-24-,27-25-,30-29-,36-18-. The summed E-state index contributed by atoms with van der Waals surface area (Å²) in [4.78, 5) is 37.9. The van der Waals surface area contributed by atoms with Crippen LogP contribution in [-0.4, -0.2) is 37.2 Å². The molecule has 0 aromatic heterocycles. The first kappa shape index (κ1) is 58.9. The Morgan fingerprint density at radius 1 is 0.355 bits per heavy atom. The highest BCUT2D eigenvalue weighted by atomic mass is 16.6. The summed E-state index contributed by atoms with van der Waals surface area (Å²) in [7, 11) is 0. The van der Waals surface area contributed by atoms with Crippen LogP contribution in [0.3, 0.4) is 0 Å². The smallest absolute Gasteiger partial charge is 0.306 e. The van der Waals surface area contributed by atoms with E-state index in [4.69, 9.17) is 14.2 Å². The monoisotopic (exact) mass is 865 g/mol. The van der Waals surface area contributed by atoms with Gasteiger partial charge < -0.3 is 14.2 Å². The Hall–Kier alpha value is -3.15. The first-order valence-electron chi connectivity index (χ1n) is 26.0. The second kappa shape index (κ2) is 50.5. The van der Waals surface area contributed by atoms with Crippen LogP contribution in [0.4, 0.5) is 0 Å². The van der Waals surface area contributed by atoms with Gasteiger partial charge in [0.1, 0.15) is 13.2 Å². The normalized spacial score (nSPS) is 12.6. The summed E-state index contributed by atoms with van der Waals surface area (Å²) in [6.45, 7) is 6.44. The zero-order valence-electron chi connectivity index (χ0n) is 40.6. The average Bonchev–Trinajstić information content (AvgIpc) is 3.27. The van der Waals surface area contributed by atoms with Crippen LogP contribution in [-0.2, 0) is 28.6 Å². The average molecular weight is 865 g/mol. The Kier molecular flexibility index (Phi) is 47.9. The van der Waals surface area contributed by atoms with Crippen LogP contribution >= 0.6 is 0 Å². The van der Waals surface area contributed by atoms with E-state index in [1.165, 1.54) is 109 Å². The third-order valence-corrected chi connectivity index (χ3v) is 11.0. The first-order chi connectivity index (χ1) is 30.5. The van der Waals surface area contributed by atoms with Crippen LogP contribution in [0, 0.1) is 0 Å². The Morgan fingerprint density at radius 3 is 1.15 bits per heavy atom. The molecule has 6 nitrogen and oxygen atoms in total. The second-order valence-electron chi connectivity index (χ2n) is 17.1. The number of ether oxygens (including phenoxy) is 3. The predicted molar refractivity (Wildman–Crippen MR) is 265 cm³/mol. The molecule has 0 radical (unpaired) electrons. The van der Waals surface area contributed by atoms with Gasteiger partial charge in [-0.2, -0.15) is 0 Å². The van der Waals surface area contributed by atoms with E-state index in [9.17, 15) is 14.4 Å². The number of unbranched alkanes of at least 4 members (excludes halogenated alkanes) is 25. The number of allylic oxidation sites excluding steroid dienone is 12. The molecule has 356 valence electrons. The molecule has 62 heavy (non-hydrogen) atoms. The van der Waals surface area contributed by atoms with Gasteiger partial charge in [0.15, 0.2) is 6.10 Å². The number of rotatable bonds is 46. The number of carbonyl (C=O) groups excluding carboxylic acids is 3. The van der Waals surface area contributed by atoms with Crippen molar-refractivity contribution in [2.75, 3.05) is 13.2 Å². The van der Waals surface area contributed by atoms with E-state index in [0.717, 1.165) is 96.3 Å². The minimum Gasteiger partial charge on any atom is -0.462 e. The summed E-state index contributed by atoms with van der Waals surface area (Å²) < 4.78 is 16.7. The lowest BCUT2D eigenvalue weighted by Crippen LogP contribution is -2.30. The van der Waals surface area contributed by atoms with Crippen LogP contribution in [0.1, 0.15) is 245 Å². The van der Waals surface area contributed by atoms with Crippen molar-refractivity contribution in [3.8, 4) is 0 Å². The molecule has 0 saturated heterocycles. The highest BCUT2D eigenvalue weighted by Crippen LogP contribution is 2.14. The molecule has 0 N–H and O–H groups in total. The SMILES string of the molecule is CC/C=C\C/C=C\CCCCC(=O)OCC(COC(=O)CCCCCCC\C=C/C=C\C=C/CCCCCCC)OC(=O)CCCCCCCCC/C=C\CCCCCCCC. The largest absolute Gasteiger partial charge is 0.462 e. The van der Waals surface area contributed by atoms with Gasteiger partial charge in [-0.3, -0.25) is 14.4 Å². The molecule has 0 rings (SSSR count). The maximum Gasteiger partial charge on any atom is 0.306 e. The zero-order chi connectivity index (χ0) is 45.1. The molecule has 0 aromatic rings. The third kappa shape index (κ3) is 47.9. The highest BCUT2D eigenvalue weighted by molar-refractivity contribution is 5.71. The lowest BCUT2D eigenvalue weighted by Gasteiger charge is -2.18. The summed E-state index contributed by atoms with van der Waals surface area (Å²) in [6, 6.07) is 0. The van der Waals surface area contributed by atoms with Gasteiger partial charge in [0.2, 0.25) is 0 Å². The molecular weight excluding hydrogens is 769 g/mol. The molecule has 6 heteroatoms. The quantitative estimate of drug-likeness (QED) is 0.0199. The van der Waals surface area contributed by atoms with Crippen molar-refractivity contribution in [1.29, 1.82) is 0 Å². The summed E-state index contributed by atoms with van der Waals surface area (Å²) in [5.41, 5.74) is 0. The lowest BCUT2D eigenvalue weighted by molar-refractivity contribution is -0.167. The molecular formula is C56H96O6. The fourth-order valence-electron chi connectivity index (χ4n) is 7.06. The van der Waals surface area contributed by atoms with E-state index in [1.54, 1.807) is 0 Å². The number of carbonyl (C=O) groups is 3. The van der Waals surface area contributed by atoms with E-state index < -0.39 is 6.10 Å². The molecule has 0 saturated carbocycles. The van der Waals surface area contributed by atoms with Gasteiger partial charge in [0.05, 0.1) is 0 Å². The van der Waals surface area contributed by atoms with Gasteiger partial charge in [-0.15, -0.1) is 0 Å². The Bertz CT molecular complexity index is 1180. The molecule has 0 aliphatic heterocycles. The highest BCUT2D eigenvalue weighted by Gasteiger charge is 2.19. The van der Waals surface area contributed by atoms with Crippen molar-refractivity contribution in [2.24, 2.45) is 0 Å². The molecule has 0 aliphatic rings. The van der Waals surface area contributed by atoms with Crippen molar-refractivity contribution in [3.05, 3.63) is 72.9 Å².